The van der Waals surface area contributed by atoms with Gasteiger partial charge in [0.2, 0.25) is 0 Å². The lowest BCUT2D eigenvalue weighted by molar-refractivity contribution is -0.0486. The van der Waals surface area contributed by atoms with Gasteiger partial charge in [0, 0.05) is 17.9 Å². The highest BCUT2D eigenvalue weighted by atomic mass is 79.9. The van der Waals surface area contributed by atoms with Crippen LogP contribution >= 0.6 is 63.7 Å². The Morgan fingerprint density at radius 1 is 0.185 bits per heavy atom. The highest BCUT2D eigenvalue weighted by Crippen LogP contribution is 2.57. The van der Waals surface area contributed by atoms with Crippen molar-refractivity contribution in [2.75, 3.05) is 0 Å². The van der Waals surface area contributed by atoms with Crippen molar-refractivity contribution in [1.82, 2.24) is 0 Å². The summed E-state index contributed by atoms with van der Waals surface area (Å²) in [4.78, 5) is 0. The first kappa shape index (κ1) is 63.0. The molecule has 0 heterocycles. The van der Waals surface area contributed by atoms with Crippen molar-refractivity contribution in [2.24, 2.45) is 0 Å². The summed E-state index contributed by atoms with van der Waals surface area (Å²) in [5.41, 5.74) is 10.7. The number of halogens is 4. The molecule has 12 aromatic carbocycles. The number of benzene rings is 12. The summed E-state index contributed by atoms with van der Waals surface area (Å²) in [6.45, 7) is 0. The Morgan fingerprint density at radius 3 is 0.435 bits per heavy atom. The smallest absolute Gasteiger partial charge is 0.146 e. The van der Waals surface area contributed by atoms with Crippen LogP contribution in [0, 0.1) is 0 Å². The highest BCUT2D eigenvalue weighted by Gasteiger charge is 2.51. The second kappa shape index (κ2) is 25.6. The van der Waals surface area contributed by atoms with E-state index < -0.39 is 46.8 Å². The van der Waals surface area contributed by atoms with Crippen LogP contribution in [0.4, 0.5) is 0 Å². The molecule has 12 heteroatoms. The normalized spacial score (nSPS) is 15.8. The van der Waals surface area contributed by atoms with Crippen molar-refractivity contribution in [2.45, 2.75) is 46.8 Å². The average molecular weight is 1470 g/mol. The predicted molar refractivity (Wildman–Crippen MR) is 376 cm³/mol. The minimum Gasteiger partial charge on any atom is -0.385 e. The molecule has 16 rings (SSSR count). The molecule has 92 heavy (non-hydrogen) atoms. The zero-order chi connectivity index (χ0) is 64.1. The first-order chi connectivity index (χ1) is 44.5. The van der Waals surface area contributed by atoms with E-state index in [1.165, 1.54) is 0 Å². The molecule has 0 amide bonds. The molecule has 0 aromatic heterocycles. The molecule has 0 unspecified atom stereocenters. The van der Waals surface area contributed by atoms with E-state index in [-0.39, 0.29) is 0 Å². The first-order valence-electron chi connectivity index (χ1n) is 29.9. The number of fused-ring (bicyclic) bond motifs is 12. The third-order valence-electron chi connectivity index (χ3n) is 18.2. The molecule has 4 atom stereocenters. The molecule has 0 aliphatic heterocycles. The number of aliphatic hydroxyl groups is 8. The van der Waals surface area contributed by atoms with E-state index in [0.717, 1.165) is 107 Å². The number of aliphatic hydroxyl groups excluding tert-OH is 4. The van der Waals surface area contributed by atoms with Gasteiger partial charge < -0.3 is 40.9 Å². The fourth-order valence-corrected chi connectivity index (χ4v) is 14.8. The van der Waals surface area contributed by atoms with Crippen LogP contribution in [-0.2, 0) is 22.4 Å². The van der Waals surface area contributed by atoms with Crippen LogP contribution < -0.4 is 0 Å². The third-order valence-corrected chi connectivity index (χ3v) is 20.3. The molecule has 456 valence electrons. The van der Waals surface area contributed by atoms with Gasteiger partial charge in [-0.1, -0.05) is 306 Å². The Labute approximate surface area is 567 Å². The van der Waals surface area contributed by atoms with E-state index in [1.54, 1.807) is 0 Å². The van der Waals surface area contributed by atoms with Crippen LogP contribution in [0.25, 0.3) is 44.5 Å². The van der Waals surface area contributed by atoms with Crippen molar-refractivity contribution in [3.05, 3.63) is 376 Å². The Kier molecular flexibility index (Phi) is 17.5. The van der Waals surface area contributed by atoms with Gasteiger partial charge in [0.05, 0.1) is 0 Å². The molecule has 0 saturated carbocycles. The molecule has 4 aliphatic rings. The van der Waals surface area contributed by atoms with Crippen LogP contribution in [0.3, 0.4) is 0 Å². The standard InChI is InChI=1S/4C20H15BrO2/c4*21-14-11-9-13(10-12-14)19(22)20(23)17-7-3-1-5-15(17)16-6-2-4-8-18(16)20/h4*1-12,19,22-23H/t4*19-/m1111/s1. The molecule has 0 bridgehead atoms. The minimum absolute atomic E-state index is 0.683. The molecule has 0 spiro atoms. The van der Waals surface area contributed by atoms with Crippen molar-refractivity contribution in [3.8, 4) is 44.5 Å². The molecule has 12 aromatic rings. The quantitative estimate of drug-likeness (QED) is 0.0746. The van der Waals surface area contributed by atoms with Crippen LogP contribution in [0.15, 0.2) is 309 Å². The van der Waals surface area contributed by atoms with Gasteiger partial charge in [-0.25, -0.2) is 0 Å². The molecule has 0 radical (unpaired) electrons. The Balaban J connectivity index is 0.000000112. The van der Waals surface area contributed by atoms with Crippen molar-refractivity contribution >= 4 is 63.7 Å². The van der Waals surface area contributed by atoms with Crippen molar-refractivity contribution in [1.29, 1.82) is 0 Å². The van der Waals surface area contributed by atoms with E-state index in [1.807, 2.05) is 291 Å². The van der Waals surface area contributed by atoms with E-state index >= 15 is 0 Å². The SMILES string of the molecule is O[C@H](c1ccc(Br)cc1)C1(O)c2ccccc2-c2ccccc21.O[C@H](c1ccc(Br)cc1)C1(O)c2ccccc2-c2ccccc21.O[C@H](c1ccc(Br)cc1)C1(O)c2ccccc2-c2ccccc21.O[C@H](c1ccc(Br)cc1)C1(O)c2ccccc2-c2ccccc21. The van der Waals surface area contributed by atoms with E-state index in [9.17, 15) is 40.9 Å². The Bertz CT molecular complexity index is 3900. The van der Waals surface area contributed by atoms with Crippen LogP contribution in [0.2, 0.25) is 0 Å². The summed E-state index contributed by atoms with van der Waals surface area (Å²) in [5.74, 6) is 0. The molecular weight excluding hydrogens is 1410 g/mol. The van der Waals surface area contributed by atoms with Crippen LogP contribution in [0.1, 0.15) is 91.2 Å². The topological polar surface area (TPSA) is 162 Å². The van der Waals surface area contributed by atoms with Gasteiger partial charge in [-0.2, -0.15) is 0 Å². The molecule has 0 saturated heterocycles. The van der Waals surface area contributed by atoms with Gasteiger partial charge >= 0.3 is 0 Å². The zero-order valence-electron chi connectivity index (χ0n) is 49.1. The average Bonchev–Trinajstić information content (AvgIpc) is 1.60. The number of rotatable bonds is 8. The fourth-order valence-electron chi connectivity index (χ4n) is 13.7. The van der Waals surface area contributed by atoms with E-state index in [4.69, 9.17) is 0 Å². The predicted octanol–water partition coefficient (Wildman–Crippen LogP) is 17.6. The molecular formula is C80H60Br4O8. The summed E-state index contributed by atoms with van der Waals surface area (Å²) in [7, 11) is 0. The molecule has 8 nitrogen and oxygen atoms in total. The van der Waals surface area contributed by atoms with Gasteiger partial charge in [-0.15, -0.1) is 0 Å². The van der Waals surface area contributed by atoms with E-state index in [0.29, 0.717) is 22.3 Å². The maximum absolute atomic E-state index is 11.5. The van der Waals surface area contributed by atoms with Crippen LogP contribution in [-0.4, -0.2) is 40.9 Å². The second-order valence-corrected chi connectivity index (χ2v) is 26.9. The monoisotopic (exact) mass is 1460 g/mol. The maximum atomic E-state index is 11.5. The summed E-state index contributed by atoms with van der Waals surface area (Å²) in [6.07, 6.45) is -4.17. The summed E-state index contributed by atoms with van der Waals surface area (Å²) < 4.78 is 3.75. The summed E-state index contributed by atoms with van der Waals surface area (Å²) in [5, 5.41) is 90.1. The molecule has 8 N–H and O–H groups in total. The van der Waals surface area contributed by atoms with Crippen molar-refractivity contribution < 1.29 is 40.9 Å². The largest absolute Gasteiger partial charge is 0.385 e. The fraction of sp³-hybridized carbons (Fsp3) is 0.100. The van der Waals surface area contributed by atoms with Crippen LogP contribution in [0.5, 0.6) is 0 Å². The minimum atomic E-state index is -1.44. The maximum Gasteiger partial charge on any atom is 0.146 e. The summed E-state index contributed by atoms with van der Waals surface area (Å²) >= 11 is 13.6. The summed E-state index contributed by atoms with van der Waals surface area (Å²) in [6, 6.07) is 91.3. The van der Waals surface area contributed by atoms with Gasteiger partial charge in [0.25, 0.3) is 0 Å². The Morgan fingerprint density at radius 2 is 0.304 bits per heavy atom. The second-order valence-electron chi connectivity index (χ2n) is 23.2. The van der Waals surface area contributed by atoms with Gasteiger partial charge in [-0.3, -0.25) is 0 Å². The molecule has 4 aliphatic carbocycles. The van der Waals surface area contributed by atoms with Gasteiger partial charge in [0.15, 0.2) is 0 Å². The van der Waals surface area contributed by atoms with Gasteiger partial charge in [0.1, 0.15) is 46.8 Å². The lowest BCUT2D eigenvalue weighted by atomic mass is 9.82. The van der Waals surface area contributed by atoms with Gasteiger partial charge in [-0.05, 0) is 160 Å². The third kappa shape index (κ3) is 10.8. The number of hydrogen-bond donors (Lipinski definition) is 8. The first-order valence-corrected chi connectivity index (χ1v) is 33.1. The number of hydrogen-bond acceptors (Lipinski definition) is 8. The van der Waals surface area contributed by atoms with Crippen molar-refractivity contribution in [3.63, 3.8) is 0 Å². The zero-order valence-corrected chi connectivity index (χ0v) is 55.5. The Hall–Kier alpha value is -7.76. The van der Waals surface area contributed by atoms with E-state index in [2.05, 4.69) is 63.7 Å². The highest BCUT2D eigenvalue weighted by molar-refractivity contribution is 9.11. The lowest BCUT2D eigenvalue weighted by Gasteiger charge is -2.31. The lowest BCUT2D eigenvalue weighted by Crippen LogP contribution is -2.32. The molecule has 0 fully saturated rings.